The quantitative estimate of drug-likeness (QED) is 0.341. The topological polar surface area (TPSA) is 84.3 Å². The minimum absolute atomic E-state index is 0.557. The Morgan fingerprint density at radius 2 is 1.71 bits per heavy atom. The summed E-state index contributed by atoms with van der Waals surface area (Å²) in [6.07, 6.45) is 0. The highest BCUT2D eigenvalue weighted by Crippen LogP contribution is 2.36. The predicted molar refractivity (Wildman–Crippen MR) is 74.7 cm³/mol. The van der Waals surface area contributed by atoms with Gasteiger partial charge in [-0.1, -0.05) is 11.8 Å². The maximum absolute atomic E-state index is 9.05. The van der Waals surface area contributed by atoms with Crippen molar-refractivity contribution >= 4 is 58.6 Å². The lowest BCUT2D eigenvalue weighted by Crippen LogP contribution is -1.79. The maximum Gasteiger partial charge on any atom is 0.134 e. The van der Waals surface area contributed by atoms with Crippen LogP contribution in [0.15, 0.2) is 9.24 Å². The van der Waals surface area contributed by atoms with E-state index in [1.54, 1.807) is 0 Å². The van der Waals surface area contributed by atoms with Gasteiger partial charge in [-0.15, -0.1) is 11.8 Å². The Morgan fingerprint density at radius 3 is 2.29 bits per heavy atom. The zero-order valence-electron chi connectivity index (χ0n) is 8.24. The number of rotatable bonds is 6. The third-order valence-electron chi connectivity index (χ3n) is 1.37. The van der Waals surface area contributed by atoms with Gasteiger partial charge in [-0.2, -0.15) is 20.2 Å². The fraction of sp³-hybridized carbons (Fsp3) is 0.250. The number of aromatic nitrogens is 1. The van der Waals surface area contributed by atoms with Crippen LogP contribution in [-0.4, -0.2) is 14.5 Å². The van der Waals surface area contributed by atoms with Crippen molar-refractivity contribution in [1.82, 2.24) is 4.37 Å². The average Bonchev–Trinajstić information content (AvgIpc) is 2.72. The monoisotopic (exact) mass is 316 g/mol. The van der Waals surface area contributed by atoms with Gasteiger partial charge < -0.3 is 0 Å². The normalized spacial score (nSPS) is 9.24. The average molecular weight is 316 g/mol. The summed E-state index contributed by atoms with van der Waals surface area (Å²) in [5.74, 6) is 0. The maximum atomic E-state index is 9.05. The minimum Gasteiger partial charge on any atom is -0.192 e. The fourth-order valence-electron chi connectivity index (χ4n) is 0.773. The second-order valence-corrected chi connectivity index (χ2v) is 7.49. The molecule has 1 heterocycles. The van der Waals surface area contributed by atoms with Crippen molar-refractivity contribution in [2.75, 3.05) is 10.2 Å². The second kappa shape index (κ2) is 8.57. The molecule has 0 aliphatic carbocycles. The number of nitriles is 3. The van der Waals surface area contributed by atoms with E-state index in [-0.39, 0.29) is 0 Å². The summed E-state index contributed by atoms with van der Waals surface area (Å²) in [5.41, 5.74) is 0.557. The third kappa shape index (κ3) is 4.71. The molecule has 0 aliphatic heterocycles. The van der Waals surface area contributed by atoms with Gasteiger partial charge in [0.2, 0.25) is 0 Å². The first kappa shape index (κ1) is 14.6. The molecule has 1 aromatic heterocycles. The first-order chi connectivity index (χ1) is 8.33. The van der Waals surface area contributed by atoms with Gasteiger partial charge in [-0.05, 0) is 35.1 Å². The van der Waals surface area contributed by atoms with Crippen molar-refractivity contribution in [1.29, 1.82) is 15.8 Å². The van der Waals surface area contributed by atoms with Crippen LogP contribution in [0.1, 0.15) is 5.56 Å². The van der Waals surface area contributed by atoms with Gasteiger partial charge in [-0.25, -0.2) is 0 Å². The molecule has 0 bridgehead atoms. The van der Waals surface area contributed by atoms with E-state index < -0.39 is 0 Å². The van der Waals surface area contributed by atoms with Gasteiger partial charge in [0.05, 0.1) is 10.2 Å². The van der Waals surface area contributed by atoms with Crippen LogP contribution < -0.4 is 0 Å². The number of thiocyanates is 2. The van der Waals surface area contributed by atoms with Crippen LogP contribution in [0, 0.1) is 32.7 Å². The third-order valence-corrected chi connectivity index (χ3v) is 5.89. The molecule has 0 saturated carbocycles. The first-order valence-corrected chi connectivity index (χ1v) is 8.72. The molecule has 0 unspecified atom stereocenters. The fourth-order valence-corrected chi connectivity index (χ4v) is 4.82. The van der Waals surface area contributed by atoms with E-state index in [0.717, 1.165) is 27.7 Å². The van der Waals surface area contributed by atoms with Crippen molar-refractivity contribution in [3.8, 4) is 16.9 Å². The van der Waals surface area contributed by atoms with E-state index in [4.69, 9.17) is 15.8 Å². The summed E-state index contributed by atoms with van der Waals surface area (Å²) < 4.78 is 5.02. The first-order valence-electron chi connectivity index (χ1n) is 4.00. The highest BCUT2D eigenvalue weighted by Gasteiger charge is 2.14. The van der Waals surface area contributed by atoms with Crippen LogP contribution in [0.5, 0.6) is 0 Å². The van der Waals surface area contributed by atoms with Gasteiger partial charge in [0.1, 0.15) is 31.7 Å². The lowest BCUT2D eigenvalue weighted by Gasteiger charge is -1.95. The largest absolute Gasteiger partial charge is 0.192 e. The number of hydrogen-bond donors (Lipinski definition) is 0. The molecule has 0 N–H and O–H groups in total. The van der Waals surface area contributed by atoms with E-state index in [2.05, 4.69) is 10.4 Å². The van der Waals surface area contributed by atoms with Gasteiger partial charge in [0.25, 0.3) is 0 Å². The van der Waals surface area contributed by atoms with Crippen LogP contribution >= 0.6 is 58.6 Å². The van der Waals surface area contributed by atoms with Crippen LogP contribution in [0.25, 0.3) is 0 Å². The van der Waals surface area contributed by atoms with E-state index in [9.17, 15) is 0 Å². The standard InChI is InChI=1S/C8H4N4S5/c9-1-6-7(15-4-13-2-10)12-17-8(6)16-5-14-3-11/h4-5H2. The van der Waals surface area contributed by atoms with Crippen LogP contribution in [-0.2, 0) is 0 Å². The highest BCUT2D eigenvalue weighted by molar-refractivity contribution is 8.19. The van der Waals surface area contributed by atoms with Crippen molar-refractivity contribution in [2.24, 2.45) is 0 Å². The molecule has 0 amide bonds. The zero-order valence-corrected chi connectivity index (χ0v) is 12.3. The molecular weight excluding hydrogens is 312 g/mol. The van der Waals surface area contributed by atoms with Crippen molar-refractivity contribution < 1.29 is 0 Å². The second-order valence-electron chi connectivity index (χ2n) is 2.26. The number of thioether (sulfide) groups is 4. The Balaban J connectivity index is 2.65. The SMILES string of the molecule is N#CSCSc1nsc(SCSC#N)c1C#N. The lowest BCUT2D eigenvalue weighted by atomic mass is 10.4. The summed E-state index contributed by atoms with van der Waals surface area (Å²) in [5, 5.41) is 31.6. The summed E-state index contributed by atoms with van der Waals surface area (Å²) in [7, 11) is 0. The van der Waals surface area contributed by atoms with Crippen LogP contribution in [0.3, 0.4) is 0 Å². The Labute approximate surface area is 120 Å². The number of nitrogens with zero attached hydrogens (tertiary/aromatic N) is 4. The van der Waals surface area contributed by atoms with E-state index in [1.165, 1.54) is 35.1 Å². The Hall–Kier alpha value is -0.500. The Bertz CT molecular complexity index is 454. The summed E-state index contributed by atoms with van der Waals surface area (Å²) in [6.45, 7) is 0. The van der Waals surface area contributed by atoms with Crippen molar-refractivity contribution in [3.63, 3.8) is 0 Å². The molecule has 0 aliphatic rings. The highest BCUT2D eigenvalue weighted by atomic mass is 32.2. The van der Waals surface area contributed by atoms with Gasteiger partial charge in [-0.3, -0.25) is 0 Å². The smallest absolute Gasteiger partial charge is 0.134 e. The molecule has 4 nitrogen and oxygen atoms in total. The summed E-state index contributed by atoms with van der Waals surface area (Å²) >= 11 is 6.36. The van der Waals surface area contributed by atoms with Gasteiger partial charge >= 0.3 is 0 Å². The Kier molecular flexibility index (Phi) is 7.34. The molecule has 0 fully saturated rings. The molecule has 0 saturated heterocycles. The molecular formula is C8H4N4S5. The van der Waals surface area contributed by atoms with E-state index >= 15 is 0 Å². The molecule has 0 spiro atoms. The number of hydrogen-bond acceptors (Lipinski definition) is 9. The molecule has 1 rings (SSSR count). The van der Waals surface area contributed by atoms with Gasteiger partial charge in [0.15, 0.2) is 0 Å². The van der Waals surface area contributed by atoms with Gasteiger partial charge in [0, 0.05) is 0 Å². The predicted octanol–water partition coefficient (Wildman–Crippen LogP) is 3.54. The molecule has 1 aromatic rings. The minimum atomic E-state index is 0.557. The van der Waals surface area contributed by atoms with Crippen molar-refractivity contribution in [2.45, 2.75) is 9.24 Å². The summed E-state index contributed by atoms with van der Waals surface area (Å²) in [6, 6.07) is 2.12. The molecule has 9 heteroatoms. The summed E-state index contributed by atoms with van der Waals surface area (Å²) in [4.78, 5) is 0. The molecule has 0 aromatic carbocycles. The van der Waals surface area contributed by atoms with E-state index in [1.807, 2.05) is 10.8 Å². The van der Waals surface area contributed by atoms with Crippen molar-refractivity contribution in [3.05, 3.63) is 5.56 Å². The molecule has 0 radical (unpaired) electrons. The zero-order chi connectivity index (χ0) is 12.5. The molecule has 17 heavy (non-hydrogen) atoms. The molecule has 86 valence electrons. The molecule has 0 atom stereocenters. The Morgan fingerprint density at radius 1 is 1.06 bits per heavy atom. The van der Waals surface area contributed by atoms with E-state index in [0.29, 0.717) is 20.8 Å². The lowest BCUT2D eigenvalue weighted by molar-refractivity contribution is 1.24. The van der Waals surface area contributed by atoms with Crippen LogP contribution in [0.4, 0.5) is 0 Å². The van der Waals surface area contributed by atoms with Crippen LogP contribution in [0.2, 0.25) is 0 Å².